The SMILES string of the molecule is CCOC(=O)c1csc(-n2nc(-c3cccc(-c4ccccc4)c3)c(Cc3ccc(S(=O)[O-])cc3)c2CC2CC2)n1. The second-order valence-electron chi connectivity index (χ2n) is 10.1. The molecule has 6 rings (SSSR count). The number of benzene rings is 3. The standard InChI is InChI=1S/C32H29N3O4S2/c1-2-39-31(36)28-20-40-32(33-28)35-29(18-22-11-12-22)27(17-21-13-15-26(16-14-21)41(37)38)30(34-35)25-10-6-9-24(19-25)23-7-4-3-5-8-23/h3-10,13-16,19-20,22H,2,11-12,17-18H2,1H3,(H,37,38)/p-1. The van der Waals surface area contributed by atoms with Crippen LogP contribution in [0.15, 0.2) is 89.1 Å². The van der Waals surface area contributed by atoms with E-state index in [1.807, 2.05) is 41.1 Å². The number of nitrogens with zero attached hydrogens (tertiary/aromatic N) is 3. The zero-order valence-electron chi connectivity index (χ0n) is 22.5. The minimum Gasteiger partial charge on any atom is -0.768 e. The van der Waals surface area contributed by atoms with Gasteiger partial charge in [0.05, 0.1) is 18.0 Å². The third-order valence-corrected chi connectivity index (χ3v) is 8.64. The van der Waals surface area contributed by atoms with Crippen molar-refractivity contribution in [1.82, 2.24) is 14.8 Å². The quantitative estimate of drug-likeness (QED) is 0.136. The van der Waals surface area contributed by atoms with Crippen molar-refractivity contribution in [1.29, 1.82) is 0 Å². The Kier molecular flexibility index (Phi) is 7.91. The molecule has 1 atom stereocenters. The Bertz CT molecular complexity index is 1710. The number of aromatic nitrogens is 3. The van der Waals surface area contributed by atoms with E-state index in [1.54, 1.807) is 24.4 Å². The first-order valence-electron chi connectivity index (χ1n) is 13.6. The summed E-state index contributed by atoms with van der Waals surface area (Å²) < 4.78 is 29.9. The number of hydrogen-bond acceptors (Lipinski definition) is 7. The zero-order chi connectivity index (χ0) is 28.3. The first kappa shape index (κ1) is 27.3. The molecule has 1 saturated carbocycles. The third-order valence-electron chi connectivity index (χ3n) is 7.17. The van der Waals surface area contributed by atoms with E-state index in [0.29, 0.717) is 17.5 Å². The predicted octanol–water partition coefficient (Wildman–Crippen LogP) is 6.62. The van der Waals surface area contributed by atoms with Crippen LogP contribution in [0.5, 0.6) is 0 Å². The number of hydrogen-bond donors (Lipinski definition) is 0. The second-order valence-corrected chi connectivity index (χ2v) is 11.8. The summed E-state index contributed by atoms with van der Waals surface area (Å²) in [4.78, 5) is 17.3. The van der Waals surface area contributed by atoms with E-state index < -0.39 is 17.0 Å². The molecule has 0 aliphatic heterocycles. The summed E-state index contributed by atoms with van der Waals surface area (Å²) in [6.45, 7) is 2.06. The summed E-state index contributed by atoms with van der Waals surface area (Å²) >= 11 is -0.911. The van der Waals surface area contributed by atoms with Crippen molar-refractivity contribution >= 4 is 28.4 Å². The third kappa shape index (κ3) is 6.07. The molecule has 0 spiro atoms. The molecule has 0 N–H and O–H groups in total. The van der Waals surface area contributed by atoms with Crippen LogP contribution < -0.4 is 0 Å². The Hall–Kier alpha value is -3.92. The minimum atomic E-state index is -2.28. The topological polar surface area (TPSA) is 97.1 Å². The summed E-state index contributed by atoms with van der Waals surface area (Å²) in [7, 11) is 0. The predicted molar refractivity (Wildman–Crippen MR) is 159 cm³/mol. The number of thiazole rings is 1. The molecule has 0 radical (unpaired) electrons. The van der Waals surface area contributed by atoms with Gasteiger partial charge in [0.25, 0.3) is 0 Å². The van der Waals surface area contributed by atoms with Crippen LogP contribution in [0.2, 0.25) is 0 Å². The summed E-state index contributed by atoms with van der Waals surface area (Å²) in [6, 6.07) is 25.6. The molecule has 5 aromatic rings. The van der Waals surface area contributed by atoms with Gasteiger partial charge in [-0.15, -0.1) is 11.3 Å². The van der Waals surface area contributed by atoms with Gasteiger partial charge in [0.1, 0.15) is 0 Å². The molecule has 2 heterocycles. The Balaban J connectivity index is 1.49. The van der Waals surface area contributed by atoms with Gasteiger partial charge in [0.15, 0.2) is 5.69 Å². The molecule has 0 amide bonds. The molecule has 41 heavy (non-hydrogen) atoms. The fourth-order valence-electron chi connectivity index (χ4n) is 4.93. The lowest BCUT2D eigenvalue weighted by Gasteiger charge is -2.10. The van der Waals surface area contributed by atoms with Gasteiger partial charge in [-0.05, 0) is 78.1 Å². The fraction of sp³-hybridized carbons (Fsp3) is 0.219. The van der Waals surface area contributed by atoms with Crippen molar-refractivity contribution in [3.63, 3.8) is 0 Å². The van der Waals surface area contributed by atoms with Crippen LogP contribution in [0.1, 0.15) is 47.1 Å². The Morgan fingerprint density at radius 2 is 1.76 bits per heavy atom. The number of carbonyl (C=O) groups is 1. The Labute approximate surface area is 245 Å². The average Bonchev–Trinajstić information content (AvgIpc) is 3.56. The molecular weight excluding hydrogens is 555 g/mol. The molecule has 0 saturated heterocycles. The number of esters is 1. The van der Waals surface area contributed by atoms with Gasteiger partial charge in [-0.3, -0.25) is 4.21 Å². The van der Waals surface area contributed by atoms with Crippen LogP contribution in [-0.4, -0.2) is 36.1 Å². The maximum Gasteiger partial charge on any atom is 0.357 e. The number of rotatable bonds is 10. The molecule has 3 aromatic carbocycles. The first-order chi connectivity index (χ1) is 20.0. The lowest BCUT2D eigenvalue weighted by atomic mass is 9.95. The number of carbonyl (C=O) groups excluding carboxylic acids is 1. The van der Waals surface area contributed by atoms with Crippen LogP contribution in [0.25, 0.3) is 27.5 Å². The van der Waals surface area contributed by atoms with Crippen molar-refractivity contribution in [3.8, 4) is 27.5 Å². The van der Waals surface area contributed by atoms with Crippen LogP contribution >= 0.6 is 11.3 Å². The van der Waals surface area contributed by atoms with Gasteiger partial charge in [-0.1, -0.05) is 60.7 Å². The smallest absolute Gasteiger partial charge is 0.357 e. The molecule has 1 unspecified atom stereocenters. The van der Waals surface area contributed by atoms with E-state index in [0.717, 1.165) is 45.6 Å². The van der Waals surface area contributed by atoms with Gasteiger partial charge in [0.2, 0.25) is 5.13 Å². The van der Waals surface area contributed by atoms with Gasteiger partial charge < -0.3 is 9.29 Å². The molecule has 1 fully saturated rings. The summed E-state index contributed by atoms with van der Waals surface area (Å²) in [6.07, 6.45) is 3.76. The van der Waals surface area contributed by atoms with Gasteiger partial charge in [-0.2, -0.15) is 5.10 Å². The molecule has 0 bridgehead atoms. The van der Waals surface area contributed by atoms with Crippen LogP contribution in [-0.2, 0) is 28.7 Å². The Morgan fingerprint density at radius 3 is 2.46 bits per heavy atom. The zero-order valence-corrected chi connectivity index (χ0v) is 24.1. The fourth-order valence-corrected chi connectivity index (χ4v) is 6.05. The van der Waals surface area contributed by atoms with Crippen molar-refractivity contribution in [2.45, 2.75) is 37.5 Å². The molecule has 7 nitrogen and oxygen atoms in total. The lowest BCUT2D eigenvalue weighted by Crippen LogP contribution is -2.08. The van der Waals surface area contributed by atoms with E-state index in [1.165, 1.54) is 24.2 Å². The number of ether oxygens (including phenoxy) is 1. The van der Waals surface area contributed by atoms with Crippen LogP contribution in [0, 0.1) is 5.92 Å². The Morgan fingerprint density at radius 1 is 1.02 bits per heavy atom. The molecule has 1 aliphatic carbocycles. The highest BCUT2D eigenvalue weighted by Crippen LogP contribution is 2.38. The van der Waals surface area contributed by atoms with E-state index in [9.17, 15) is 13.6 Å². The van der Waals surface area contributed by atoms with Gasteiger partial charge >= 0.3 is 5.97 Å². The maximum atomic E-state index is 12.4. The van der Waals surface area contributed by atoms with Crippen molar-refractivity contribution in [3.05, 3.63) is 107 Å². The molecule has 9 heteroatoms. The first-order valence-corrected chi connectivity index (χ1v) is 15.5. The summed E-state index contributed by atoms with van der Waals surface area (Å²) in [5, 5.41) is 7.47. The van der Waals surface area contributed by atoms with Crippen molar-refractivity contribution in [2.24, 2.45) is 5.92 Å². The monoisotopic (exact) mass is 582 g/mol. The van der Waals surface area contributed by atoms with Gasteiger partial charge in [-0.25, -0.2) is 14.5 Å². The largest absolute Gasteiger partial charge is 0.768 e. The molecular formula is C32H28N3O4S2-. The van der Waals surface area contributed by atoms with Crippen LogP contribution in [0.4, 0.5) is 0 Å². The lowest BCUT2D eigenvalue weighted by molar-refractivity contribution is 0.0520. The highest BCUT2D eigenvalue weighted by molar-refractivity contribution is 7.79. The molecule has 208 valence electrons. The van der Waals surface area contributed by atoms with E-state index in [2.05, 4.69) is 35.3 Å². The second kappa shape index (κ2) is 11.9. The summed E-state index contributed by atoms with van der Waals surface area (Å²) in [5.74, 6) is 0.125. The minimum absolute atomic E-state index is 0.257. The van der Waals surface area contributed by atoms with E-state index >= 15 is 0 Å². The normalized spacial score (nSPS) is 13.7. The molecule has 2 aromatic heterocycles. The van der Waals surface area contributed by atoms with E-state index in [-0.39, 0.29) is 17.2 Å². The molecule has 1 aliphatic rings. The van der Waals surface area contributed by atoms with Gasteiger partial charge in [0, 0.05) is 27.8 Å². The van der Waals surface area contributed by atoms with E-state index in [4.69, 9.17) is 9.84 Å². The van der Waals surface area contributed by atoms with Crippen molar-refractivity contribution < 1.29 is 18.3 Å². The maximum absolute atomic E-state index is 12.4. The highest BCUT2D eigenvalue weighted by Gasteiger charge is 2.29. The highest BCUT2D eigenvalue weighted by atomic mass is 32.2. The van der Waals surface area contributed by atoms with Crippen LogP contribution in [0.3, 0.4) is 0 Å². The summed E-state index contributed by atoms with van der Waals surface area (Å²) in [5.41, 5.74) is 7.44. The van der Waals surface area contributed by atoms with Crippen molar-refractivity contribution in [2.75, 3.05) is 6.61 Å². The average molecular weight is 583 g/mol.